The molecular weight excluding hydrogens is 304 g/mol. The maximum atomic E-state index is 12.3. The molecule has 118 valence electrons. The SMILES string of the molecule is COc1cc(C(=O)NS(=O)(=O)C(C)(C)C)cc2cccnc12. The summed E-state index contributed by atoms with van der Waals surface area (Å²) in [7, 11) is -2.30. The van der Waals surface area contributed by atoms with Gasteiger partial charge in [-0.3, -0.25) is 9.78 Å². The largest absolute Gasteiger partial charge is 0.494 e. The van der Waals surface area contributed by atoms with Crippen LogP contribution in [0.5, 0.6) is 5.75 Å². The smallest absolute Gasteiger partial charge is 0.264 e. The van der Waals surface area contributed by atoms with Gasteiger partial charge in [0.1, 0.15) is 11.3 Å². The molecule has 7 heteroatoms. The maximum absolute atomic E-state index is 12.3. The number of hydrogen-bond donors (Lipinski definition) is 1. The molecule has 2 aromatic rings. The average molecular weight is 322 g/mol. The highest BCUT2D eigenvalue weighted by Crippen LogP contribution is 2.25. The number of benzene rings is 1. The monoisotopic (exact) mass is 322 g/mol. The molecule has 0 aliphatic rings. The van der Waals surface area contributed by atoms with E-state index in [9.17, 15) is 13.2 Å². The average Bonchev–Trinajstić information content (AvgIpc) is 2.44. The molecule has 0 saturated heterocycles. The number of rotatable bonds is 3. The van der Waals surface area contributed by atoms with Crippen molar-refractivity contribution in [2.75, 3.05) is 7.11 Å². The van der Waals surface area contributed by atoms with Crippen LogP contribution in [0.4, 0.5) is 0 Å². The summed E-state index contributed by atoms with van der Waals surface area (Å²) in [4.78, 5) is 16.4. The Kier molecular flexibility index (Phi) is 4.10. The highest BCUT2D eigenvalue weighted by Gasteiger charge is 2.31. The molecule has 0 unspecified atom stereocenters. The molecular formula is C15H18N2O4S. The number of methoxy groups -OCH3 is 1. The zero-order chi connectivity index (χ0) is 16.5. The van der Waals surface area contributed by atoms with Crippen molar-refractivity contribution in [3.05, 3.63) is 36.0 Å². The number of nitrogens with zero attached hydrogens (tertiary/aromatic N) is 1. The van der Waals surface area contributed by atoms with Crippen LogP contribution < -0.4 is 9.46 Å². The third-order valence-corrected chi connectivity index (χ3v) is 5.25. The molecule has 1 aromatic heterocycles. The molecule has 6 nitrogen and oxygen atoms in total. The first-order valence-corrected chi connectivity index (χ1v) is 8.13. The maximum Gasteiger partial charge on any atom is 0.264 e. The second kappa shape index (κ2) is 5.57. The van der Waals surface area contributed by atoms with Gasteiger partial charge >= 0.3 is 0 Å². The summed E-state index contributed by atoms with van der Waals surface area (Å²) in [5.41, 5.74) is 0.811. The summed E-state index contributed by atoms with van der Waals surface area (Å²) < 4.78 is 30.4. The van der Waals surface area contributed by atoms with E-state index < -0.39 is 20.7 Å². The minimum absolute atomic E-state index is 0.199. The van der Waals surface area contributed by atoms with E-state index in [1.54, 1.807) is 24.4 Å². The Bertz CT molecular complexity index is 823. The van der Waals surface area contributed by atoms with E-state index in [2.05, 4.69) is 9.71 Å². The Balaban J connectivity index is 2.45. The van der Waals surface area contributed by atoms with Crippen LogP contribution in [0.1, 0.15) is 31.1 Å². The van der Waals surface area contributed by atoms with Crippen molar-refractivity contribution >= 4 is 26.8 Å². The fourth-order valence-electron chi connectivity index (χ4n) is 1.78. The Morgan fingerprint density at radius 1 is 1.27 bits per heavy atom. The van der Waals surface area contributed by atoms with Gasteiger partial charge in [-0.2, -0.15) is 0 Å². The summed E-state index contributed by atoms with van der Waals surface area (Å²) in [6.07, 6.45) is 1.62. The number of nitrogens with one attached hydrogen (secondary N) is 1. The zero-order valence-electron chi connectivity index (χ0n) is 12.9. The van der Waals surface area contributed by atoms with Gasteiger partial charge in [-0.1, -0.05) is 6.07 Å². The molecule has 0 radical (unpaired) electrons. The Morgan fingerprint density at radius 3 is 2.55 bits per heavy atom. The highest BCUT2D eigenvalue weighted by atomic mass is 32.2. The highest BCUT2D eigenvalue weighted by molar-refractivity contribution is 7.91. The molecule has 0 spiro atoms. The molecule has 1 heterocycles. The summed E-state index contributed by atoms with van der Waals surface area (Å²) in [6, 6.07) is 6.57. The number of amides is 1. The first kappa shape index (κ1) is 16.2. The minimum Gasteiger partial charge on any atom is -0.494 e. The van der Waals surface area contributed by atoms with E-state index in [1.165, 1.54) is 33.9 Å². The van der Waals surface area contributed by atoms with Crippen LogP contribution in [0.25, 0.3) is 10.9 Å². The Labute approximate surface area is 129 Å². The summed E-state index contributed by atoms with van der Waals surface area (Å²) in [5, 5.41) is 0.695. The number of carbonyl (C=O) groups excluding carboxylic acids is 1. The lowest BCUT2D eigenvalue weighted by molar-refractivity contribution is 0.0980. The number of ether oxygens (including phenoxy) is 1. The summed E-state index contributed by atoms with van der Waals surface area (Å²) >= 11 is 0. The molecule has 0 aliphatic carbocycles. The van der Waals surface area contributed by atoms with Crippen LogP contribution in [0, 0.1) is 0 Å². The van der Waals surface area contributed by atoms with Crippen molar-refractivity contribution in [3.8, 4) is 5.75 Å². The van der Waals surface area contributed by atoms with Crippen molar-refractivity contribution in [1.82, 2.24) is 9.71 Å². The first-order valence-electron chi connectivity index (χ1n) is 6.65. The van der Waals surface area contributed by atoms with Gasteiger partial charge in [0.2, 0.25) is 10.0 Å². The van der Waals surface area contributed by atoms with E-state index in [0.29, 0.717) is 16.7 Å². The topological polar surface area (TPSA) is 85.4 Å². The number of fused-ring (bicyclic) bond motifs is 1. The lowest BCUT2D eigenvalue weighted by Crippen LogP contribution is -2.42. The van der Waals surface area contributed by atoms with Gasteiger partial charge in [-0.25, -0.2) is 13.1 Å². The fraction of sp³-hybridized carbons (Fsp3) is 0.333. The van der Waals surface area contributed by atoms with Crippen molar-refractivity contribution in [2.24, 2.45) is 0 Å². The molecule has 1 amide bonds. The van der Waals surface area contributed by atoms with Gasteiger partial charge in [0.05, 0.1) is 11.9 Å². The van der Waals surface area contributed by atoms with Gasteiger partial charge in [-0.05, 0) is 39.0 Å². The molecule has 2 rings (SSSR count). The molecule has 0 fully saturated rings. The summed E-state index contributed by atoms with van der Waals surface area (Å²) in [5.74, 6) is -0.282. The second-order valence-electron chi connectivity index (χ2n) is 5.80. The van der Waals surface area contributed by atoms with E-state index >= 15 is 0 Å². The van der Waals surface area contributed by atoms with Crippen LogP contribution in [0.15, 0.2) is 30.5 Å². The quantitative estimate of drug-likeness (QED) is 0.935. The number of sulfonamides is 1. The van der Waals surface area contributed by atoms with Gasteiger partial charge in [0.25, 0.3) is 5.91 Å². The lowest BCUT2D eigenvalue weighted by Gasteiger charge is -2.19. The van der Waals surface area contributed by atoms with Crippen molar-refractivity contribution in [3.63, 3.8) is 0 Å². The predicted molar refractivity (Wildman–Crippen MR) is 84.4 cm³/mol. The standard InChI is InChI=1S/C15H18N2O4S/c1-15(2,3)22(19,20)17-14(18)11-8-10-6-5-7-16-13(10)12(9-11)21-4/h5-9H,1-4H3,(H,17,18). The van der Waals surface area contributed by atoms with Crippen molar-refractivity contribution in [2.45, 2.75) is 25.5 Å². The van der Waals surface area contributed by atoms with Gasteiger partial charge in [0, 0.05) is 17.1 Å². The molecule has 22 heavy (non-hydrogen) atoms. The van der Waals surface area contributed by atoms with Crippen LogP contribution in [0.2, 0.25) is 0 Å². The lowest BCUT2D eigenvalue weighted by atomic mass is 10.1. The van der Waals surface area contributed by atoms with E-state index in [0.717, 1.165) is 0 Å². The fourth-order valence-corrected chi connectivity index (χ4v) is 2.45. The van der Waals surface area contributed by atoms with Crippen molar-refractivity contribution in [1.29, 1.82) is 0 Å². The number of aromatic nitrogens is 1. The van der Waals surface area contributed by atoms with Gasteiger partial charge in [0.15, 0.2) is 0 Å². The molecule has 1 N–H and O–H groups in total. The van der Waals surface area contributed by atoms with Crippen LogP contribution in [0.3, 0.4) is 0 Å². The molecule has 0 aliphatic heterocycles. The molecule has 0 bridgehead atoms. The number of pyridine rings is 1. The van der Waals surface area contributed by atoms with E-state index in [1.807, 2.05) is 0 Å². The first-order chi connectivity index (χ1) is 10.2. The second-order valence-corrected chi connectivity index (χ2v) is 8.24. The molecule has 0 atom stereocenters. The zero-order valence-corrected chi connectivity index (χ0v) is 13.7. The third kappa shape index (κ3) is 3.04. The molecule has 1 aromatic carbocycles. The minimum atomic E-state index is -3.77. The third-order valence-electron chi connectivity index (χ3n) is 3.19. The Hall–Kier alpha value is -2.15. The normalized spacial score (nSPS) is 12.2. The predicted octanol–water partition coefficient (Wildman–Crippen LogP) is 2.10. The van der Waals surface area contributed by atoms with Gasteiger partial charge < -0.3 is 4.74 Å². The number of carbonyl (C=O) groups is 1. The van der Waals surface area contributed by atoms with Crippen molar-refractivity contribution < 1.29 is 17.9 Å². The van der Waals surface area contributed by atoms with Crippen LogP contribution >= 0.6 is 0 Å². The van der Waals surface area contributed by atoms with Gasteiger partial charge in [-0.15, -0.1) is 0 Å². The summed E-state index contributed by atoms with van der Waals surface area (Å²) in [6.45, 7) is 4.56. The van der Waals surface area contributed by atoms with Crippen LogP contribution in [-0.4, -0.2) is 31.2 Å². The van der Waals surface area contributed by atoms with E-state index in [4.69, 9.17) is 4.74 Å². The number of hydrogen-bond acceptors (Lipinski definition) is 5. The Morgan fingerprint density at radius 2 is 1.95 bits per heavy atom. The molecule has 0 saturated carbocycles. The van der Waals surface area contributed by atoms with E-state index in [-0.39, 0.29) is 5.56 Å². The van der Waals surface area contributed by atoms with Crippen LogP contribution in [-0.2, 0) is 10.0 Å².